The lowest BCUT2D eigenvalue weighted by Gasteiger charge is -2.06. The van der Waals surface area contributed by atoms with E-state index >= 15 is 0 Å². The molecule has 2 aromatic rings. The average Bonchev–Trinajstić information content (AvgIpc) is 2.46. The molecule has 0 unspecified atom stereocenters. The first-order valence-electron chi connectivity index (χ1n) is 6.03. The summed E-state index contributed by atoms with van der Waals surface area (Å²) in [5.41, 5.74) is 1.97. The van der Waals surface area contributed by atoms with Crippen LogP contribution in [-0.4, -0.2) is 11.7 Å². The van der Waals surface area contributed by atoms with Crippen molar-refractivity contribution in [1.29, 1.82) is 0 Å². The molecule has 0 bridgehead atoms. The molecule has 1 N–H and O–H groups in total. The van der Waals surface area contributed by atoms with E-state index in [1.165, 1.54) is 0 Å². The third kappa shape index (κ3) is 4.23. The second-order valence-electron chi connectivity index (χ2n) is 4.04. The molecule has 0 amide bonds. The standard InChI is InChI=1S/C16H15BrO2/c17-16-9-8-15(11-14(16)12-18)19-10-4-7-13-5-2-1-3-6-13/h1-9,11,18H,10,12H2/b7-4+. The van der Waals surface area contributed by atoms with E-state index in [0.29, 0.717) is 6.61 Å². The minimum absolute atomic E-state index is 0.00234. The smallest absolute Gasteiger partial charge is 0.120 e. The van der Waals surface area contributed by atoms with Gasteiger partial charge in [-0.3, -0.25) is 0 Å². The summed E-state index contributed by atoms with van der Waals surface area (Å²) in [6.45, 7) is 0.499. The highest BCUT2D eigenvalue weighted by Crippen LogP contribution is 2.22. The first-order valence-corrected chi connectivity index (χ1v) is 6.82. The Kier molecular flexibility index (Phi) is 5.19. The van der Waals surface area contributed by atoms with Crippen LogP contribution in [0, 0.1) is 0 Å². The maximum atomic E-state index is 9.16. The van der Waals surface area contributed by atoms with Crippen LogP contribution in [0.5, 0.6) is 5.75 Å². The lowest BCUT2D eigenvalue weighted by atomic mass is 10.2. The number of rotatable bonds is 5. The molecule has 0 saturated carbocycles. The lowest BCUT2D eigenvalue weighted by Crippen LogP contribution is -1.95. The summed E-state index contributed by atoms with van der Waals surface area (Å²) in [7, 11) is 0. The third-order valence-electron chi connectivity index (χ3n) is 2.64. The Hall–Kier alpha value is -1.58. The van der Waals surface area contributed by atoms with E-state index < -0.39 is 0 Å². The normalized spacial score (nSPS) is 10.8. The SMILES string of the molecule is OCc1cc(OC/C=C/c2ccccc2)ccc1Br. The molecule has 0 radical (unpaired) electrons. The van der Waals surface area contributed by atoms with Gasteiger partial charge in [0.1, 0.15) is 12.4 Å². The molecule has 2 aromatic carbocycles. The van der Waals surface area contributed by atoms with E-state index in [-0.39, 0.29) is 6.61 Å². The van der Waals surface area contributed by atoms with E-state index in [4.69, 9.17) is 9.84 Å². The zero-order chi connectivity index (χ0) is 13.5. The summed E-state index contributed by atoms with van der Waals surface area (Å²) < 4.78 is 6.50. The lowest BCUT2D eigenvalue weighted by molar-refractivity contribution is 0.279. The fourth-order valence-electron chi connectivity index (χ4n) is 1.65. The van der Waals surface area contributed by atoms with Crippen LogP contribution in [0.4, 0.5) is 0 Å². The largest absolute Gasteiger partial charge is 0.490 e. The number of aliphatic hydroxyl groups is 1. The number of halogens is 1. The first kappa shape index (κ1) is 13.8. The number of aliphatic hydroxyl groups excluding tert-OH is 1. The highest BCUT2D eigenvalue weighted by Gasteiger charge is 2.00. The molecule has 0 fully saturated rings. The summed E-state index contributed by atoms with van der Waals surface area (Å²) in [4.78, 5) is 0. The minimum Gasteiger partial charge on any atom is -0.490 e. The molecule has 0 heterocycles. The number of ether oxygens (including phenoxy) is 1. The summed E-state index contributed by atoms with van der Waals surface area (Å²) >= 11 is 3.37. The number of hydrogen-bond acceptors (Lipinski definition) is 2. The molecule has 19 heavy (non-hydrogen) atoms. The molecule has 98 valence electrons. The minimum atomic E-state index is -0.00234. The van der Waals surface area contributed by atoms with Crippen molar-refractivity contribution in [2.75, 3.05) is 6.61 Å². The van der Waals surface area contributed by atoms with Crippen molar-refractivity contribution in [2.24, 2.45) is 0 Å². The highest BCUT2D eigenvalue weighted by molar-refractivity contribution is 9.10. The van der Waals surface area contributed by atoms with Crippen molar-refractivity contribution in [3.63, 3.8) is 0 Å². The van der Waals surface area contributed by atoms with Gasteiger partial charge in [0.15, 0.2) is 0 Å². The van der Waals surface area contributed by atoms with Gasteiger partial charge in [0.05, 0.1) is 6.61 Å². The predicted octanol–water partition coefficient (Wildman–Crippen LogP) is 4.03. The van der Waals surface area contributed by atoms with E-state index in [9.17, 15) is 0 Å². The maximum absolute atomic E-state index is 9.16. The van der Waals surface area contributed by atoms with Gasteiger partial charge in [-0.1, -0.05) is 52.3 Å². The van der Waals surface area contributed by atoms with Gasteiger partial charge in [0.25, 0.3) is 0 Å². The Morgan fingerprint density at radius 2 is 1.89 bits per heavy atom. The monoisotopic (exact) mass is 318 g/mol. The van der Waals surface area contributed by atoms with E-state index in [0.717, 1.165) is 21.3 Å². The summed E-state index contributed by atoms with van der Waals surface area (Å²) in [5.74, 6) is 0.755. The van der Waals surface area contributed by atoms with E-state index in [1.807, 2.05) is 60.7 Å². The van der Waals surface area contributed by atoms with Gasteiger partial charge in [0.2, 0.25) is 0 Å². The second kappa shape index (κ2) is 7.12. The molecule has 0 aliphatic carbocycles. The predicted molar refractivity (Wildman–Crippen MR) is 81.0 cm³/mol. The fourth-order valence-corrected chi connectivity index (χ4v) is 2.03. The van der Waals surface area contributed by atoms with Crippen LogP contribution in [0.3, 0.4) is 0 Å². The van der Waals surface area contributed by atoms with E-state index in [1.54, 1.807) is 0 Å². The second-order valence-corrected chi connectivity index (χ2v) is 4.89. The Morgan fingerprint density at radius 1 is 1.11 bits per heavy atom. The average molecular weight is 319 g/mol. The zero-order valence-corrected chi connectivity index (χ0v) is 12.0. The van der Waals surface area contributed by atoms with Crippen molar-refractivity contribution >= 4 is 22.0 Å². The van der Waals surface area contributed by atoms with Crippen LogP contribution in [0.25, 0.3) is 6.08 Å². The van der Waals surface area contributed by atoms with Crippen molar-refractivity contribution in [3.05, 3.63) is 70.2 Å². The molecule has 2 nitrogen and oxygen atoms in total. The zero-order valence-electron chi connectivity index (χ0n) is 10.4. The highest BCUT2D eigenvalue weighted by atomic mass is 79.9. The van der Waals surface area contributed by atoms with Crippen molar-refractivity contribution in [2.45, 2.75) is 6.61 Å². The summed E-state index contributed by atoms with van der Waals surface area (Å²) in [6.07, 6.45) is 3.99. The van der Waals surface area contributed by atoms with Crippen molar-refractivity contribution in [3.8, 4) is 5.75 Å². The Morgan fingerprint density at radius 3 is 2.63 bits per heavy atom. The first-order chi connectivity index (χ1) is 9.29. The quantitative estimate of drug-likeness (QED) is 0.901. The van der Waals surface area contributed by atoms with Gasteiger partial charge < -0.3 is 9.84 Å². The van der Waals surface area contributed by atoms with Gasteiger partial charge in [-0.05, 0) is 35.4 Å². The Bertz CT molecular complexity index is 550. The molecular formula is C16H15BrO2. The molecule has 3 heteroatoms. The topological polar surface area (TPSA) is 29.5 Å². The third-order valence-corrected chi connectivity index (χ3v) is 3.42. The molecule has 0 aliphatic rings. The van der Waals surface area contributed by atoms with Crippen LogP contribution >= 0.6 is 15.9 Å². The molecule has 0 atom stereocenters. The van der Waals surface area contributed by atoms with Crippen LogP contribution in [0.2, 0.25) is 0 Å². The van der Waals surface area contributed by atoms with Crippen LogP contribution in [-0.2, 0) is 6.61 Å². The van der Waals surface area contributed by atoms with Crippen molar-refractivity contribution in [1.82, 2.24) is 0 Å². The summed E-state index contributed by atoms with van der Waals surface area (Å²) in [6, 6.07) is 15.7. The van der Waals surface area contributed by atoms with Gasteiger partial charge in [-0.2, -0.15) is 0 Å². The van der Waals surface area contributed by atoms with Gasteiger partial charge >= 0.3 is 0 Å². The van der Waals surface area contributed by atoms with Gasteiger partial charge in [-0.25, -0.2) is 0 Å². The molecular weight excluding hydrogens is 304 g/mol. The number of benzene rings is 2. The number of hydrogen-bond donors (Lipinski definition) is 1. The Balaban J connectivity index is 1.91. The van der Waals surface area contributed by atoms with Gasteiger partial charge in [-0.15, -0.1) is 0 Å². The maximum Gasteiger partial charge on any atom is 0.120 e. The molecule has 2 rings (SSSR count). The fraction of sp³-hybridized carbons (Fsp3) is 0.125. The summed E-state index contributed by atoms with van der Waals surface area (Å²) in [5, 5.41) is 9.16. The van der Waals surface area contributed by atoms with Crippen LogP contribution in [0.15, 0.2) is 59.1 Å². The van der Waals surface area contributed by atoms with Gasteiger partial charge in [0, 0.05) is 4.47 Å². The molecule has 0 aliphatic heterocycles. The van der Waals surface area contributed by atoms with Crippen LogP contribution in [0.1, 0.15) is 11.1 Å². The van der Waals surface area contributed by atoms with Crippen LogP contribution < -0.4 is 4.74 Å². The molecule has 0 aromatic heterocycles. The molecule has 0 saturated heterocycles. The van der Waals surface area contributed by atoms with Crippen molar-refractivity contribution < 1.29 is 9.84 Å². The molecule has 0 spiro atoms. The Labute approximate surface area is 121 Å². The van der Waals surface area contributed by atoms with E-state index in [2.05, 4.69) is 15.9 Å².